The molecule has 0 amide bonds. The second-order valence-corrected chi connectivity index (χ2v) is 4.71. The van der Waals surface area contributed by atoms with Crippen LogP contribution in [0.15, 0.2) is 36.7 Å². The second-order valence-electron chi connectivity index (χ2n) is 4.71. The fraction of sp³-hybridized carbons (Fsp3) is 0.214. The van der Waals surface area contributed by atoms with Gasteiger partial charge in [0.15, 0.2) is 11.5 Å². The number of H-pyrrole nitrogens is 1. The van der Waals surface area contributed by atoms with Crippen LogP contribution in [0.5, 0.6) is 0 Å². The largest absolute Gasteiger partial charge is 0.382 e. The third kappa shape index (κ3) is 2.46. The standard InChI is InChI=1S/C14H16N6/c15-10(7-6-9-4-2-1-3-5-9)13-19-11-12(16)17-8-18-14(11)20-13/h1-5,8,10H,6-7,15H2,(H3,16,17,18,19,20). The van der Waals surface area contributed by atoms with Gasteiger partial charge in [0.05, 0.1) is 6.04 Å². The molecule has 0 aliphatic rings. The average molecular weight is 268 g/mol. The second kappa shape index (κ2) is 5.26. The Morgan fingerprint density at radius 2 is 1.95 bits per heavy atom. The van der Waals surface area contributed by atoms with E-state index >= 15 is 0 Å². The van der Waals surface area contributed by atoms with Gasteiger partial charge in [-0.25, -0.2) is 15.0 Å². The third-order valence-electron chi connectivity index (χ3n) is 3.27. The van der Waals surface area contributed by atoms with Gasteiger partial charge in [0.2, 0.25) is 0 Å². The van der Waals surface area contributed by atoms with Crippen LogP contribution >= 0.6 is 0 Å². The van der Waals surface area contributed by atoms with Crippen molar-refractivity contribution in [2.75, 3.05) is 5.73 Å². The molecule has 1 atom stereocenters. The van der Waals surface area contributed by atoms with Crippen LogP contribution in [0.4, 0.5) is 5.82 Å². The third-order valence-corrected chi connectivity index (χ3v) is 3.27. The van der Waals surface area contributed by atoms with Gasteiger partial charge >= 0.3 is 0 Å². The van der Waals surface area contributed by atoms with Gasteiger partial charge in [-0.15, -0.1) is 0 Å². The first kappa shape index (κ1) is 12.6. The summed E-state index contributed by atoms with van der Waals surface area (Å²) in [6.07, 6.45) is 3.11. The number of nitrogens with zero attached hydrogens (tertiary/aromatic N) is 3. The summed E-state index contributed by atoms with van der Waals surface area (Å²) in [5, 5.41) is 0. The van der Waals surface area contributed by atoms with Crippen LogP contribution < -0.4 is 11.5 Å². The van der Waals surface area contributed by atoms with Crippen LogP contribution in [0.3, 0.4) is 0 Å². The number of anilines is 1. The van der Waals surface area contributed by atoms with E-state index in [2.05, 4.69) is 32.1 Å². The molecule has 3 aromatic rings. The number of aromatic amines is 1. The van der Waals surface area contributed by atoms with Crippen molar-refractivity contribution in [3.63, 3.8) is 0 Å². The average Bonchev–Trinajstić information content (AvgIpc) is 2.91. The van der Waals surface area contributed by atoms with E-state index in [1.54, 1.807) is 0 Å². The predicted octanol–water partition coefficient (Wildman–Crippen LogP) is 1.57. The summed E-state index contributed by atoms with van der Waals surface area (Å²) in [6, 6.07) is 10.1. The maximum atomic E-state index is 6.17. The summed E-state index contributed by atoms with van der Waals surface area (Å²) in [7, 11) is 0. The van der Waals surface area contributed by atoms with E-state index in [9.17, 15) is 0 Å². The van der Waals surface area contributed by atoms with Crippen molar-refractivity contribution in [2.45, 2.75) is 18.9 Å². The molecule has 2 aromatic heterocycles. The minimum Gasteiger partial charge on any atom is -0.382 e. The summed E-state index contributed by atoms with van der Waals surface area (Å²) in [6.45, 7) is 0. The Morgan fingerprint density at radius 3 is 2.70 bits per heavy atom. The van der Waals surface area contributed by atoms with Crippen molar-refractivity contribution >= 4 is 17.0 Å². The summed E-state index contributed by atoms with van der Waals surface area (Å²) < 4.78 is 0. The summed E-state index contributed by atoms with van der Waals surface area (Å²) in [5.74, 6) is 1.09. The number of fused-ring (bicyclic) bond motifs is 1. The first-order valence-corrected chi connectivity index (χ1v) is 6.49. The van der Waals surface area contributed by atoms with Gasteiger partial charge in [0.1, 0.15) is 17.7 Å². The SMILES string of the molecule is Nc1ncnc2nc(C(N)CCc3ccccc3)[nH]c12. The molecule has 0 saturated heterocycles. The number of benzene rings is 1. The van der Waals surface area contributed by atoms with E-state index in [-0.39, 0.29) is 6.04 Å². The van der Waals surface area contributed by atoms with E-state index in [0.29, 0.717) is 22.8 Å². The first-order chi connectivity index (χ1) is 9.74. The highest BCUT2D eigenvalue weighted by atomic mass is 15.1. The van der Waals surface area contributed by atoms with E-state index in [1.807, 2.05) is 18.2 Å². The van der Waals surface area contributed by atoms with Gasteiger partial charge in [-0.2, -0.15) is 0 Å². The number of hydrogen-bond donors (Lipinski definition) is 3. The molecule has 0 fully saturated rings. The zero-order valence-electron chi connectivity index (χ0n) is 11.0. The molecule has 0 aliphatic heterocycles. The molecule has 2 heterocycles. The lowest BCUT2D eigenvalue weighted by molar-refractivity contribution is 0.621. The molecule has 6 heteroatoms. The number of aromatic nitrogens is 4. The molecular weight excluding hydrogens is 252 g/mol. The Labute approximate surface area is 116 Å². The van der Waals surface area contributed by atoms with Crippen molar-refractivity contribution in [2.24, 2.45) is 5.73 Å². The lowest BCUT2D eigenvalue weighted by Gasteiger charge is -2.08. The van der Waals surface area contributed by atoms with E-state index in [1.165, 1.54) is 11.9 Å². The maximum absolute atomic E-state index is 6.17. The molecule has 0 saturated carbocycles. The van der Waals surface area contributed by atoms with E-state index in [0.717, 1.165) is 12.8 Å². The van der Waals surface area contributed by atoms with E-state index < -0.39 is 0 Å². The Kier molecular flexibility index (Phi) is 3.30. The normalized spacial score (nSPS) is 12.7. The molecule has 1 unspecified atom stereocenters. The van der Waals surface area contributed by atoms with Gasteiger partial charge in [-0.1, -0.05) is 30.3 Å². The summed E-state index contributed by atoms with van der Waals surface area (Å²) >= 11 is 0. The van der Waals surface area contributed by atoms with Crippen molar-refractivity contribution in [3.8, 4) is 0 Å². The Morgan fingerprint density at radius 1 is 1.15 bits per heavy atom. The zero-order valence-corrected chi connectivity index (χ0v) is 11.0. The van der Waals surface area contributed by atoms with Gasteiger partial charge in [0.25, 0.3) is 0 Å². The van der Waals surface area contributed by atoms with Crippen LogP contribution in [0.25, 0.3) is 11.2 Å². The number of aryl methyl sites for hydroxylation is 1. The van der Waals surface area contributed by atoms with Gasteiger partial charge < -0.3 is 16.5 Å². The molecular formula is C14H16N6. The minimum absolute atomic E-state index is 0.177. The van der Waals surface area contributed by atoms with Crippen LogP contribution in [0, 0.1) is 0 Å². The number of rotatable bonds is 4. The Balaban J connectivity index is 1.75. The fourth-order valence-corrected chi connectivity index (χ4v) is 2.14. The molecule has 102 valence electrons. The number of imidazole rings is 1. The van der Waals surface area contributed by atoms with Crippen molar-refractivity contribution in [1.29, 1.82) is 0 Å². The van der Waals surface area contributed by atoms with Crippen LogP contribution in [-0.4, -0.2) is 19.9 Å². The fourth-order valence-electron chi connectivity index (χ4n) is 2.14. The number of nitrogen functional groups attached to an aromatic ring is 1. The molecule has 0 aliphatic carbocycles. The number of hydrogen-bond acceptors (Lipinski definition) is 5. The van der Waals surface area contributed by atoms with Crippen molar-refractivity contribution < 1.29 is 0 Å². The lowest BCUT2D eigenvalue weighted by Crippen LogP contribution is -2.13. The molecule has 3 rings (SSSR count). The van der Waals surface area contributed by atoms with Crippen LogP contribution in [-0.2, 0) is 6.42 Å². The van der Waals surface area contributed by atoms with Crippen molar-refractivity contribution in [1.82, 2.24) is 19.9 Å². The molecule has 5 N–H and O–H groups in total. The highest BCUT2D eigenvalue weighted by molar-refractivity contribution is 5.81. The predicted molar refractivity (Wildman–Crippen MR) is 77.8 cm³/mol. The highest BCUT2D eigenvalue weighted by Crippen LogP contribution is 2.19. The number of nitrogens with one attached hydrogen (secondary N) is 1. The molecule has 6 nitrogen and oxygen atoms in total. The Bertz CT molecular complexity index is 706. The zero-order chi connectivity index (χ0) is 13.9. The summed E-state index contributed by atoms with van der Waals surface area (Å²) in [5.41, 5.74) is 14.4. The number of nitrogens with two attached hydrogens (primary N) is 2. The highest BCUT2D eigenvalue weighted by Gasteiger charge is 2.13. The Hall–Kier alpha value is -2.47. The van der Waals surface area contributed by atoms with Crippen LogP contribution in [0.1, 0.15) is 23.9 Å². The molecule has 0 radical (unpaired) electrons. The molecule has 1 aromatic carbocycles. The minimum atomic E-state index is -0.177. The molecule has 0 spiro atoms. The van der Waals surface area contributed by atoms with Crippen molar-refractivity contribution in [3.05, 3.63) is 48.0 Å². The van der Waals surface area contributed by atoms with E-state index in [4.69, 9.17) is 11.5 Å². The molecule has 0 bridgehead atoms. The van der Waals surface area contributed by atoms with Gasteiger partial charge in [0, 0.05) is 0 Å². The smallest absolute Gasteiger partial charge is 0.183 e. The quantitative estimate of drug-likeness (QED) is 0.665. The topological polar surface area (TPSA) is 106 Å². The molecule has 20 heavy (non-hydrogen) atoms. The summed E-state index contributed by atoms with van der Waals surface area (Å²) in [4.78, 5) is 15.5. The first-order valence-electron chi connectivity index (χ1n) is 6.49. The van der Waals surface area contributed by atoms with Gasteiger partial charge in [-0.3, -0.25) is 0 Å². The monoisotopic (exact) mass is 268 g/mol. The maximum Gasteiger partial charge on any atom is 0.183 e. The van der Waals surface area contributed by atoms with Gasteiger partial charge in [-0.05, 0) is 18.4 Å². The van der Waals surface area contributed by atoms with Crippen LogP contribution in [0.2, 0.25) is 0 Å². The lowest BCUT2D eigenvalue weighted by atomic mass is 10.1.